The van der Waals surface area contributed by atoms with Gasteiger partial charge in [0.1, 0.15) is 0 Å². The topological polar surface area (TPSA) is 77.1 Å². The number of benzene rings is 2. The zero-order valence-electron chi connectivity index (χ0n) is 18.2. The number of morpholine rings is 1. The maximum Gasteiger partial charge on any atom is 0.255 e. The molecule has 3 rings (SSSR count). The first-order chi connectivity index (χ1) is 15.1. The van der Waals surface area contributed by atoms with Crippen LogP contribution in [0.3, 0.4) is 0 Å². The molecule has 7 heteroatoms. The van der Waals surface area contributed by atoms with E-state index in [9.17, 15) is 9.59 Å². The van der Waals surface area contributed by atoms with E-state index >= 15 is 0 Å². The number of nitrogens with one attached hydrogen (secondary N) is 1. The van der Waals surface area contributed by atoms with Crippen LogP contribution in [-0.4, -0.2) is 56.2 Å². The molecule has 1 saturated heterocycles. The van der Waals surface area contributed by atoms with E-state index in [4.69, 9.17) is 14.2 Å². The number of carbonyl (C=O) groups excluding carboxylic acids is 2. The van der Waals surface area contributed by atoms with E-state index < -0.39 is 0 Å². The van der Waals surface area contributed by atoms with Gasteiger partial charge in [0.2, 0.25) is 5.91 Å². The molecule has 2 amide bonds. The molecule has 1 N–H and O–H groups in total. The molecule has 0 atom stereocenters. The second-order valence-electron chi connectivity index (χ2n) is 7.26. The highest BCUT2D eigenvalue weighted by molar-refractivity contribution is 6.04. The molecule has 2 aromatic carbocycles. The lowest BCUT2D eigenvalue weighted by molar-refractivity contribution is -0.134. The van der Waals surface area contributed by atoms with Crippen LogP contribution in [-0.2, 0) is 16.0 Å². The van der Waals surface area contributed by atoms with Gasteiger partial charge in [0.25, 0.3) is 5.91 Å². The summed E-state index contributed by atoms with van der Waals surface area (Å²) in [6.45, 7) is 7.46. The normalized spacial score (nSPS) is 13.5. The highest BCUT2D eigenvalue weighted by Gasteiger charge is 2.17. The van der Waals surface area contributed by atoms with Crippen molar-refractivity contribution in [2.24, 2.45) is 0 Å². The third-order valence-electron chi connectivity index (χ3n) is 4.90. The molecule has 1 aliphatic heterocycles. The molecule has 31 heavy (non-hydrogen) atoms. The summed E-state index contributed by atoms with van der Waals surface area (Å²) >= 11 is 0. The van der Waals surface area contributed by atoms with E-state index in [0.717, 1.165) is 12.0 Å². The van der Waals surface area contributed by atoms with E-state index in [1.807, 2.05) is 43.0 Å². The van der Waals surface area contributed by atoms with E-state index in [-0.39, 0.29) is 11.8 Å². The van der Waals surface area contributed by atoms with Gasteiger partial charge in [-0.2, -0.15) is 0 Å². The van der Waals surface area contributed by atoms with Gasteiger partial charge in [-0.05, 0) is 49.2 Å². The minimum Gasteiger partial charge on any atom is -0.490 e. The molecule has 1 fully saturated rings. The van der Waals surface area contributed by atoms with Crippen LogP contribution in [0.15, 0.2) is 42.5 Å². The number of rotatable bonds is 9. The predicted molar refractivity (Wildman–Crippen MR) is 119 cm³/mol. The SMILES string of the molecule is CCCOc1ccc(C(=O)Nc2ccc(CC(=O)N3CCOCC3)cc2)cc1OCC. The van der Waals surface area contributed by atoms with Crippen LogP contribution in [0.2, 0.25) is 0 Å². The molecule has 0 bridgehead atoms. The van der Waals surface area contributed by atoms with Crippen molar-refractivity contribution in [3.63, 3.8) is 0 Å². The molecule has 0 spiro atoms. The van der Waals surface area contributed by atoms with Crippen LogP contribution in [0, 0.1) is 0 Å². The molecule has 1 heterocycles. The molecular formula is C24H30N2O5. The second kappa shape index (κ2) is 11.4. The zero-order chi connectivity index (χ0) is 22.1. The molecule has 1 aliphatic rings. The average Bonchev–Trinajstić information content (AvgIpc) is 2.80. The summed E-state index contributed by atoms with van der Waals surface area (Å²) in [5.41, 5.74) is 2.06. The molecule has 0 unspecified atom stereocenters. The Hall–Kier alpha value is -3.06. The highest BCUT2D eigenvalue weighted by Crippen LogP contribution is 2.29. The van der Waals surface area contributed by atoms with Crippen LogP contribution in [0.25, 0.3) is 0 Å². The van der Waals surface area contributed by atoms with Crippen LogP contribution >= 0.6 is 0 Å². The van der Waals surface area contributed by atoms with Gasteiger partial charge in [-0.15, -0.1) is 0 Å². The first-order valence-electron chi connectivity index (χ1n) is 10.8. The molecule has 0 aliphatic carbocycles. The number of hydrogen-bond donors (Lipinski definition) is 1. The number of carbonyl (C=O) groups is 2. The maximum atomic E-state index is 12.7. The quantitative estimate of drug-likeness (QED) is 0.664. The van der Waals surface area contributed by atoms with Crippen LogP contribution < -0.4 is 14.8 Å². The lowest BCUT2D eigenvalue weighted by Crippen LogP contribution is -2.41. The van der Waals surface area contributed by atoms with Gasteiger partial charge in [0.15, 0.2) is 11.5 Å². The summed E-state index contributed by atoms with van der Waals surface area (Å²) < 4.78 is 16.6. The fourth-order valence-corrected chi connectivity index (χ4v) is 3.26. The van der Waals surface area contributed by atoms with E-state index in [2.05, 4.69) is 5.32 Å². The summed E-state index contributed by atoms with van der Waals surface area (Å²) in [7, 11) is 0. The van der Waals surface area contributed by atoms with Crippen LogP contribution in [0.4, 0.5) is 5.69 Å². The van der Waals surface area contributed by atoms with Crippen molar-refractivity contribution in [2.75, 3.05) is 44.8 Å². The Morgan fingerprint density at radius 3 is 2.42 bits per heavy atom. The van der Waals surface area contributed by atoms with Gasteiger partial charge in [0, 0.05) is 24.3 Å². The fraction of sp³-hybridized carbons (Fsp3) is 0.417. The first kappa shape index (κ1) is 22.6. The summed E-state index contributed by atoms with van der Waals surface area (Å²) in [5, 5.41) is 2.89. The van der Waals surface area contributed by atoms with Gasteiger partial charge in [-0.3, -0.25) is 9.59 Å². The van der Waals surface area contributed by atoms with Gasteiger partial charge in [-0.1, -0.05) is 19.1 Å². The number of anilines is 1. The summed E-state index contributed by atoms with van der Waals surface area (Å²) in [4.78, 5) is 26.9. The van der Waals surface area contributed by atoms with Crippen molar-refractivity contribution in [2.45, 2.75) is 26.7 Å². The smallest absolute Gasteiger partial charge is 0.255 e. The Kier molecular flexibility index (Phi) is 8.29. The van der Waals surface area contributed by atoms with E-state index in [1.165, 1.54) is 0 Å². The molecule has 2 aromatic rings. The minimum absolute atomic E-state index is 0.0916. The number of ether oxygens (including phenoxy) is 3. The summed E-state index contributed by atoms with van der Waals surface area (Å²) in [5.74, 6) is 1.05. The van der Waals surface area contributed by atoms with Crippen molar-refractivity contribution < 1.29 is 23.8 Å². The van der Waals surface area contributed by atoms with Crippen LogP contribution in [0.1, 0.15) is 36.2 Å². The van der Waals surface area contributed by atoms with Crippen molar-refractivity contribution in [3.8, 4) is 11.5 Å². The molecule has 0 saturated carbocycles. The first-order valence-corrected chi connectivity index (χ1v) is 10.8. The number of amides is 2. The molecule has 0 radical (unpaired) electrons. The van der Waals surface area contributed by atoms with Crippen molar-refractivity contribution in [1.29, 1.82) is 0 Å². The standard InChI is InChI=1S/C24H30N2O5/c1-3-13-31-21-10-7-19(17-22(21)30-4-2)24(28)25-20-8-5-18(6-9-20)16-23(27)26-11-14-29-15-12-26/h5-10,17H,3-4,11-16H2,1-2H3,(H,25,28). The maximum absolute atomic E-state index is 12.7. The van der Waals surface area contributed by atoms with Gasteiger partial charge in [-0.25, -0.2) is 0 Å². The number of hydrogen-bond acceptors (Lipinski definition) is 5. The minimum atomic E-state index is -0.236. The molecule has 7 nitrogen and oxygen atoms in total. The largest absolute Gasteiger partial charge is 0.490 e. The van der Waals surface area contributed by atoms with Gasteiger partial charge >= 0.3 is 0 Å². The third kappa shape index (κ3) is 6.46. The number of nitrogens with zero attached hydrogens (tertiary/aromatic N) is 1. The lowest BCUT2D eigenvalue weighted by atomic mass is 10.1. The second-order valence-corrected chi connectivity index (χ2v) is 7.26. The Balaban J connectivity index is 1.60. The Morgan fingerprint density at radius 2 is 1.74 bits per heavy atom. The lowest BCUT2D eigenvalue weighted by Gasteiger charge is -2.26. The average molecular weight is 427 g/mol. The van der Waals surface area contributed by atoms with Gasteiger partial charge in [0.05, 0.1) is 32.8 Å². The molecule has 166 valence electrons. The van der Waals surface area contributed by atoms with Crippen LogP contribution in [0.5, 0.6) is 11.5 Å². The van der Waals surface area contributed by atoms with Gasteiger partial charge < -0.3 is 24.4 Å². The van der Waals surface area contributed by atoms with Crippen molar-refractivity contribution in [3.05, 3.63) is 53.6 Å². The monoisotopic (exact) mass is 426 g/mol. The summed E-state index contributed by atoms with van der Waals surface area (Å²) in [6.07, 6.45) is 1.23. The van der Waals surface area contributed by atoms with E-state index in [0.29, 0.717) is 68.7 Å². The van der Waals surface area contributed by atoms with Crippen molar-refractivity contribution >= 4 is 17.5 Å². The predicted octanol–water partition coefficient (Wildman–Crippen LogP) is 3.53. The zero-order valence-corrected chi connectivity index (χ0v) is 18.2. The fourth-order valence-electron chi connectivity index (χ4n) is 3.26. The highest BCUT2D eigenvalue weighted by atomic mass is 16.5. The molecule has 0 aromatic heterocycles. The van der Waals surface area contributed by atoms with E-state index in [1.54, 1.807) is 18.2 Å². The Bertz CT molecular complexity index is 876. The Morgan fingerprint density at radius 1 is 1.00 bits per heavy atom. The summed E-state index contributed by atoms with van der Waals surface area (Å²) in [6, 6.07) is 12.5. The Labute approximate surface area is 183 Å². The third-order valence-corrected chi connectivity index (χ3v) is 4.90. The van der Waals surface area contributed by atoms with Crippen molar-refractivity contribution in [1.82, 2.24) is 4.90 Å². The molecular weight excluding hydrogens is 396 g/mol.